The van der Waals surface area contributed by atoms with Gasteiger partial charge in [-0.05, 0) is 23.6 Å². The van der Waals surface area contributed by atoms with Gasteiger partial charge < -0.3 is 0 Å². The standard InChI is InChI=1S/C15H14F2/c1-10(2)11-7-8-13(15(17)9-11)12-5-3-4-6-14(12)16/h3-10H,1-2H3. The molecule has 2 aromatic carbocycles. The van der Waals surface area contributed by atoms with Crippen LogP contribution in [-0.4, -0.2) is 0 Å². The lowest BCUT2D eigenvalue weighted by Crippen LogP contribution is -1.93. The fourth-order valence-electron chi connectivity index (χ4n) is 1.79. The van der Waals surface area contributed by atoms with Gasteiger partial charge in [-0.2, -0.15) is 0 Å². The Kier molecular flexibility index (Phi) is 3.23. The first-order chi connectivity index (χ1) is 8.09. The minimum atomic E-state index is -0.399. The van der Waals surface area contributed by atoms with E-state index in [4.69, 9.17) is 0 Å². The van der Waals surface area contributed by atoms with Crippen molar-refractivity contribution in [2.24, 2.45) is 0 Å². The molecule has 0 aromatic heterocycles. The Morgan fingerprint density at radius 2 is 1.47 bits per heavy atom. The third-order valence-electron chi connectivity index (χ3n) is 2.82. The van der Waals surface area contributed by atoms with Crippen LogP contribution < -0.4 is 0 Å². The van der Waals surface area contributed by atoms with Gasteiger partial charge in [-0.25, -0.2) is 8.78 Å². The van der Waals surface area contributed by atoms with Gasteiger partial charge in [0.25, 0.3) is 0 Å². The van der Waals surface area contributed by atoms with Crippen molar-refractivity contribution in [2.45, 2.75) is 19.8 Å². The molecule has 0 aliphatic heterocycles. The van der Waals surface area contributed by atoms with Gasteiger partial charge >= 0.3 is 0 Å². The van der Waals surface area contributed by atoms with Gasteiger partial charge in [-0.15, -0.1) is 0 Å². The second kappa shape index (κ2) is 4.66. The van der Waals surface area contributed by atoms with Crippen molar-refractivity contribution < 1.29 is 8.78 Å². The zero-order valence-corrected chi connectivity index (χ0v) is 9.87. The fraction of sp³-hybridized carbons (Fsp3) is 0.200. The molecule has 0 saturated heterocycles. The van der Waals surface area contributed by atoms with E-state index in [0.29, 0.717) is 11.1 Å². The molecule has 2 heteroatoms. The van der Waals surface area contributed by atoms with E-state index < -0.39 is 5.82 Å². The highest BCUT2D eigenvalue weighted by Gasteiger charge is 2.10. The molecule has 0 radical (unpaired) electrons. The molecule has 0 spiro atoms. The molecule has 0 heterocycles. The summed E-state index contributed by atoms with van der Waals surface area (Å²) in [5.41, 5.74) is 1.54. The lowest BCUT2D eigenvalue weighted by molar-refractivity contribution is 0.614. The summed E-state index contributed by atoms with van der Waals surface area (Å²) in [7, 11) is 0. The van der Waals surface area contributed by atoms with Crippen molar-refractivity contribution in [1.82, 2.24) is 0 Å². The van der Waals surface area contributed by atoms with Crippen LogP contribution in [0.15, 0.2) is 42.5 Å². The molecule has 0 aliphatic carbocycles. The second-order valence-electron chi connectivity index (χ2n) is 4.37. The summed E-state index contributed by atoms with van der Waals surface area (Å²) in [5, 5.41) is 0. The minimum Gasteiger partial charge on any atom is -0.206 e. The molecule has 0 atom stereocenters. The minimum absolute atomic E-state index is 0.263. The monoisotopic (exact) mass is 232 g/mol. The Labute approximate surface area is 99.9 Å². The van der Waals surface area contributed by atoms with Crippen LogP contribution in [0.3, 0.4) is 0 Å². The number of halogens is 2. The third kappa shape index (κ3) is 2.36. The first-order valence-corrected chi connectivity index (χ1v) is 5.64. The van der Waals surface area contributed by atoms with E-state index in [1.807, 2.05) is 19.9 Å². The van der Waals surface area contributed by atoms with Crippen LogP contribution in [0.25, 0.3) is 11.1 Å². The molecule has 0 bridgehead atoms. The summed E-state index contributed by atoms with van der Waals surface area (Å²) < 4.78 is 27.5. The van der Waals surface area contributed by atoms with Crippen LogP contribution >= 0.6 is 0 Å². The van der Waals surface area contributed by atoms with Crippen molar-refractivity contribution in [3.8, 4) is 11.1 Å². The van der Waals surface area contributed by atoms with E-state index in [1.165, 1.54) is 12.1 Å². The third-order valence-corrected chi connectivity index (χ3v) is 2.82. The molecule has 0 nitrogen and oxygen atoms in total. The molecular formula is C15H14F2. The lowest BCUT2D eigenvalue weighted by Gasteiger charge is -2.09. The summed E-state index contributed by atoms with van der Waals surface area (Å²) >= 11 is 0. The predicted molar refractivity (Wildman–Crippen MR) is 65.9 cm³/mol. The molecule has 0 unspecified atom stereocenters. The van der Waals surface area contributed by atoms with E-state index in [9.17, 15) is 8.78 Å². The SMILES string of the molecule is CC(C)c1ccc(-c2ccccc2F)c(F)c1. The number of rotatable bonds is 2. The number of hydrogen-bond acceptors (Lipinski definition) is 0. The molecule has 2 rings (SSSR count). The molecule has 0 saturated carbocycles. The van der Waals surface area contributed by atoms with E-state index in [1.54, 1.807) is 24.3 Å². The van der Waals surface area contributed by atoms with E-state index in [0.717, 1.165) is 5.56 Å². The van der Waals surface area contributed by atoms with Crippen LogP contribution in [0.2, 0.25) is 0 Å². The van der Waals surface area contributed by atoms with Crippen LogP contribution in [0.4, 0.5) is 8.78 Å². The summed E-state index contributed by atoms with van der Waals surface area (Å²) in [6.07, 6.45) is 0. The van der Waals surface area contributed by atoms with Crippen molar-refractivity contribution in [3.63, 3.8) is 0 Å². The maximum Gasteiger partial charge on any atom is 0.131 e. The first kappa shape index (κ1) is 11.8. The van der Waals surface area contributed by atoms with Crippen LogP contribution in [0.5, 0.6) is 0 Å². The summed E-state index contributed by atoms with van der Waals surface area (Å²) in [6.45, 7) is 4.00. The highest BCUT2D eigenvalue weighted by atomic mass is 19.1. The van der Waals surface area contributed by atoms with Crippen molar-refractivity contribution >= 4 is 0 Å². The molecule has 17 heavy (non-hydrogen) atoms. The zero-order valence-electron chi connectivity index (χ0n) is 9.87. The Hall–Kier alpha value is -1.70. The Morgan fingerprint density at radius 3 is 2.06 bits per heavy atom. The molecule has 88 valence electrons. The van der Waals surface area contributed by atoms with Gasteiger partial charge in [0.15, 0.2) is 0 Å². The van der Waals surface area contributed by atoms with Gasteiger partial charge in [0.2, 0.25) is 0 Å². The second-order valence-corrected chi connectivity index (χ2v) is 4.37. The molecule has 0 N–H and O–H groups in total. The van der Waals surface area contributed by atoms with E-state index in [2.05, 4.69) is 0 Å². The summed E-state index contributed by atoms with van der Waals surface area (Å²) in [6, 6.07) is 11.2. The smallest absolute Gasteiger partial charge is 0.131 e. The van der Waals surface area contributed by atoms with Crippen molar-refractivity contribution in [3.05, 3.63) is 59.7 Å². The maximum absolute atomic E-state index is 13.9. The molecular weight excluding hydrogens is 218 g/mol. The van der Waals surface area contributed by atoms with Gasteiger partial charge in [0, 0.05) is 11.1 Å². The number of benzene rings is 2. The molecule has 0 amide bonds. The lowest BCUT2D eigenvalue weighted by atomic mass is 9.98. The van der Waals surface area contributed by atoms with Crippen LogP contribution in [-0.2, 0) is 0 Å². The largest absolute Gasteiger partial charge is 0.206 e. The molecule has 0 aliphatic rings. The van der Waals surface area contributed by atoms with Crippen LogP contribution in [0.1, 0.15) is 25.3 Å². The topological polar surface area (TPSA) is 0 Å². The fourth-order valence-corrected chi connectivity index (χ4v) is 1.79. The average Bonchev–Trinajstić information content (AvgIpc) is 2.30. The predicted octanol–water partition coefficient (Wildman–Crippen LogP) is 4.76. The van der Waals surface area contributed by atoms with Gasteiger partial charge in [0.1, 0.15) is 11.6 Å². The first-order valence-electron chi connectivity index (χ1n) is 5.64. The van der Waals surface area contributed by atoms with Crippen molar-refractivity contribution in [2.75, 3.05) is 0 Å². The quantitative estimate of drug-likeness (QED) is 0.700. The molecule has 0 fully saturated rings. The van der Waals surface area contributed by atoms with Crippen molar-refractivity contribution in [1.29, 1.82) is 0 Å². The van der Waals surface area contributed by atoms with E-state index in [-0.39, 0.29) is 11.7 Å². The highest BCUT2D eigenvalue weighted by molar-refractivity contribution is 5.65. The zero-order chi connectivity index (χ0) is 12.4. The van der Waals surface area contributed by atoms with E-state index >= 15 is 0 Å². The Balaban J connectivity index is 2.51. The summed E-state index contributed by atoms with van der Waals surface area (Å²) in [5.74, 6) is -0.510. The van der Waals surface area contributed by atoms with Gasteiger partial charge in [-0.3, -0.25) is 0 Å². The Bertz CT molecular complexity index is 530. The normalized spacial score (nSPS) is 10.9. The average molecular weight is 232 g/mol. The molecule has 2 aromatic rings. The van der Waals surface area contributed by atoms with Crippen LogP contribution in [0, 0.1) is 11.6 Å². The Morgan fingerprint density at radius 1 is 0.824 bits per heavy atom. The number of hydrogen-bond donors (Lipinski definition) is 0. The highest BCUT2D eigenvalue weighted by Crippen LogP contribution is 2.27. The maximum atomic E-state index is 13.9. The van der Waals surface area contributed by atoms with Gasteiger partial charge in [0.05, 0.1) is 0 Å². The summed E-state index contributed by atoms with van der Waals surface area (Å²) in [4.78, 5) is 0. The van der Waals surface area contributed by atoms with Gasteiger partial charge in [-0.1, -0.05) is 44.2 Å².